The van der Waals surface area contributed by atoms with Crippen molar-refractivity contribution < 1.29 is 9.53 Å². The number of hydrogen-bond donors (Lipinski definition) is 1. The maximum Gasteiger partial charge on any atom is 0.261 e. The lowest BCUT2D eigenvalue weighted by molar-refractivity contribution is -0.128. The van der Waals surface area contributed by atoms with Crippen molar-refractivity contribution in [3.05, 3.63) is 59.2 Å². The highest BCUT2D eigenvalue weighted by Gasteiger charge is 2.22. The zero-order valence-corrected chi connectivity index (χ0v) is 19.0. The molecule has 2 aromatic carbocycles. The van der Waals surface area contributed by atoms with Crippen LogP contribution in [0.25, 0.3) is 0 Å². The second-order valence-corrected chi connectivity index (χ2v) is 9.02. The molecule has 2 unspecified atom stereocenters. The number of ether oxygens (including phenoxy) is 1. The topological polar surface area (TPSA) is 41.6 Å². The molecule has 31 heavy (non-hydrogen) atoms. The van der Waals surface area contributed by atoms with Gasteiger partial charge in [0.1, 0.15) is 5.75 Å². The lowest BCUT2D eigenvalue weighted by atomic mass is 9.92. The lowest BCUT2D eigenvalue weighted by Crippen LogP contribution is -2.39. The molecule has 1 amide bonds. The van der Waals surface area contributed by atoms with Gasteiger partial charge in [-0.15, -0.1) is 0 Å². The van der Waals surface area contributed by atoms with Gasteiger partial charge in [0.25, 0.3) is 5.91 Å². The maximum atomic E-state index is 12.9. The average molecular weight is 421 g/mol. The molecule has 1 saturated heterocycles. The third-order valence-corrected chi connectivity index (χ3v) is 6.73. The number of carbonyl (C=O) groups excluding carboxylic acids is 1. The van der Waals surface area contributed by atoms with Crippen molar-refractivity contribution in [1.29, 1.82) is 0 Å². The molecule has 1 N–H and O–H groups in total. The monoisotopic (exact) mass is 420 g/mol. The van der Waals surface area contributed by atoms with E-state index in [4.69, 9.17) is 4.74 Å². The van der Waals surface area contributed by atoms with Crippen LogP contribution in [-0.2, 0) is 17.6 Å². The Labute approximate surface area is 187 Å². The van der Waals surface area contributed by atoms with Gasteiger partial charge in [-0.1, -0.05) is 25.1 Å². The number of fused-ring (bicyclic) bond motifs is 1. The summed E-state index contributed by atoms with van der Waals surface area (Å²) in [5.74, 6) is 0.758. The number of benzene rings is 2. The highest BCUT2D eigenvalue weighted by Crippen LogP contribution is 2.27. The van der Waals surface area contributed by atoms with Gasteiger partial charge < -0.3 is 15.0 Å². The van der Waals surface area contributed by atoms with Gasteiger partial charge in [-0.3, -0.25) is 4.79 Å². The van der Waals surface area contributed by atoms with Gasteiger partial charge in [-0.05, 0) is 99.2 Å². The molecule has 0 spiro atoms. The molecule has 1 aliphatic carbocycles. The third kappa shape index (κ3) is 5.41. The van der Waals surface area contributed by atoms with Crippen LogP contribution < -0.4 is 15.0 Å². The zero-order valence-electron chi connectivity index (χ0n) is 19.0. The van der Waals surface area contributed by atoms with Crippen LogP contribution in [0.5, 0.6) is 5.75 Å². The van der Waals surface area contributed by atoms with E-state index in [0.29, 0.717) is 6.42 Å². The average Bonchev–Trinajstić information content (AvgIpc) is 2.83. The summed E-state index contributed by atoms with van der Waals surface area (Å²) in [6.07, 6.45) is 8.82. The van der Waals surface area contributed by atoms with Crippen LogP contribution >= 0.6 is 0 Å². The van der Waals surface area contributed by atoms with Crippen LogP contribution in [0.4, 0.5) is 5.69 Å². The Bertz CT molecular complexity index is 871. The van der Waals surface area contributed by atoms with E-state index in [1.165, 1.54) is 48.9 Å². The molecule has 2 aromatic rings. The summed E-state index contributed by atoms with van der Waals surface area (Å²) in [6, 6.07) is 14.9. The summed E-state index contributed by atoms with van der Waals surface area (Å²) in [7, 11) is 0. The molecule has 2 aliphatic rings. The largest absolute Gasteiger partial charge is 0.481 e. The highest BCUT2D eigenvalue weighted by molar-refractivity contribution is 5.81. The number of carbonyl (C=O) groups is 1. The molecule has 0 saturated carbocycles. The number of aryl methyl sites for hydroxylation is 2. The first-order valence-electron chi connectivity index (χ1n) is 12.1. The molecule has 1 heterocycles. The van der Waals surface area contributed by atoms with Crippen molar-refractivity contribution in [1.82, 2.24) is 5.32 Å². The quantitative estimate of drug-likeness (QED) is 0.635. The van der Waals surface area contributed by atoms with E-state index in [0.717, 1.165) is 37.2 Å². The molecular formula is C27H36N2O2. The minimum Gasteiger partial charge on any atom is -0.481 e. The van der Waals surface area contributed by atoms with Gasteiger partial charge in [0, 0.05) is 18.8 Å². The first kappa shape index (κ1) is 21.7. The Balaban J connectivity index is 1.35. The number of piperidine rings is 1. The molecule has 0 aromatic heterocycles. The maximum absolute atomic E-state index is 12.9. The van der Waals surface area contributed by atoms with E-state index >= 15 is 0 Å². The lowest BCUT2D eigenvalue weighted by Gasteiger charge is -2.29. The molecule has 166 valence electrons. The van der Waals surface area contributed by atoms with E-state index < -0.39 is 6.10 Å². The SMILES string of the molecule is CCC(Oc1ccc2c(c1)CCCC2)C(=O)NC(C)c1ccc(N2CCCCC2)cc1. The Hall–Kier alpha value is -2.49. The van der Waals surface area contributed by atoms with E-state index in [1.807, 2.05) is 19.9 Å². The second kappa shape index (κ2) is 10.2. The van der Waals surface area contributed by atoms with Crippen molar-refractivity contribution in [2.45, 2.75) is 77.4 Å². The van der Waals surface area contributed by atoms with Crippen molar-refractivity contribution in [2.75, 3.05) is 18.0 Å². The number of hydrogen-bond acceptors (Lipinski definition) is 3. The Morgan fingerprint density at radius 3 is 2.39 bits per heavy atom. The van der Waals surface area contributed by atoms with Crippen LogP contribution in [0.3, 0.4) is 0 Å². The minimum atomic E-state index is -0.475. The zero-order chi connectivity index (χ0) is 21.6. The minimum absolute atomic E-state index is 0.0483. The summed E-state index contributed by atoms with van der Waals surface area (Å²) in [6.45, 7) is 6.33. The van der Waals surface area contributed by atoms with Gasteiger partial charge in [-0.25, -0.2) is 0 Å². The van der Waals surface area contributed by atoms with Crippen LogP contribution in [0.1, 0.15) is 75.1 Å². The fourth-order valence-electron chi connectivity index (χ4n) is 4.79. The molecule has 0 radical (unpaired) electrons. The summed E-state index contributed by atoms with van der Waals surface area (Å²) >= 11 is 0. The molecule has 1 aliphatic heterocycles. The standard InChI is InChI=1S/C27H36N2O2/c1-3-26(31-25-16-13-22-9-5-6-10-23(22)19-25)27(30)28-20(2)21-11-14-24(15-12-21)29-17-7-4-8-18-29/h11-16,19-20,26H,3-10,17-18H2,1-2H3,(H,28,30). The first-order valence-corrected chi connectivity index (χ1v) is 12.1. The number of anilines is 1. The van der Waals surface area contributed by atoms with Gasteiger partial charge >= 0.3 is 0 Å². The van der Waals surface area contributed by atoms with Gasteiger partial charge in [0.2, 0.25) is 0 Å². The number of rotatable bonds is 7. The van der Waals surface area contributed by atoms with Gasteiger partial charge in [0.15, 0.2) is 6.10 Å². The third-order valence-electron chi connectivity index (χ3n) is 6.73. The Kier molecular flexibility index (Phi) is 7.16. The summed E-state index contributed by atoms with van der Waals surface area (Å²) < 4.78 is 6.11. The number of amides is 1. The summed E-state index contributed by atoms with van der Waals surface area (Å²) in [5, 5.41) is 3.15. The second-order valence-electron chi connectivity index (χ2n) is 9.02. The highest BCUT2D eigenvalue weighted by atomic mass is 16.5. The van der Waals surface area contributed by atoms with E-state index in [-0.39, 0.29) is 11.9 Å². The van der Waals surface area contributed by atoms with Crippen molar-refractivity contribution >= 4 is 11.6 Å². The molecule has 2 atom stereocenters. The van der Waals surface area contributed by atoms with E-state index in [1.54, 1.807) is 0 Å². The number of nitrogens with one attached hydrogen (secondary N) is 1. The Morgan fingerprint density at radius 1 is 0.968 bits per heavy atom. The first-order chi connectivity index (χ1) is 15.1. The molecule has 0 bridgehead atoms. The fourth-order valence-corrected chi connectivity index (χ4v) is 4.79. The van der Waals surface area contributed by atoms with Crippen molar-refractivity contribution in [3.8, 4) is 5.75 Å². The van der Waals surface area contributed by atoms with Gasteiger partial charge in [-0.2, -0.15) is 0 Å². The Morgan fingerprint density at radius 2 is 1.68 bits per heavy atom. The summed E-state index contributed by atoms with van der Waals surface area (Å²) in [4.78, 5) is 15.4. The van der Waals surface area contributed by atoms with Crippen molar-refractivity contribution in [2.24, 2.45) is 0 Å². The van der Waals surface area contributed by atoms with Crippen LogP contribution in [-0.4, -0.2) is 25.1 Å². The predicted molar refractivity (Wildman–Crippen MR) is 127 cm³/mol. The van der Waals surface area contributed by atoms with Crippen LogP contribution in [0.15, 0.2) is 42.5 Å². The van der Waals surface area contributed by atoms with Crippen LogP contribution in [0.2, 0.25) is 0 Å². The normalized spacial score (nSPS) is 18.1. The van der Waals surface area contributed by atoms with Gasteiger partial charge in [0.05, 0.1) is 6.04 Å². The summed E-state index contributed by atoms with van der Waals surface area (Å²) in [5.41, 5.74) is 5.21. The molecule has 1 fully saturated rings. The molecular weight excluding hydrogens is 384 g/mol. The number of nitrogens with zero attached hydrogens (tertiary/aromatic N) is 1. The smallest absolute Gasteiger partial charge is 0.261 e. The fraction of sp³-hybridized carbons (Fsp3) is 0.519. The predicted octanol–water partition coefficient (Wildman–Crippen LogP) is 5.59. The van der Waals surface area contributed by atoms with E-state index in [9.17, 15) is 4.79 Å². The molecule has 4 rings (SSSR count). The van der Waals surface area contributed by atoms with Crippen LogP contribution in [0, 0.1) is 0 Å². The van der Waals surface area contributed by atoms with Crippen molar-refractivity contribution in [3.63, 3.8) is 0 Å². The molecule has 4 heteroatoms. The molecule has 4 nitrogen and oxygen atoms in total. The van der Waals surface area contributed by atoms with E-state index in [2.05, 4.69) is 46.6 Å².